The SMILES string of the molecule is C[C@H](Sc1nnc(-c2ccccc2F)n1C1CC1)C(=O)NC(N)=O. The highest BCUT2D eigenvalue weighted by Gasteiger charge is 2.32. The Kier molecular flexibility index (Phi) is 4.52. The van der Waals surface area contributed by atoms with Crippen LogP contribution in [0.1, 0.15) is 25.8 Å². The van der Waals surface area contributed by atoms with Gasteiger partial charge in [0, 0.05) is 6.04 Å². The highest BCUT2D eigenvalue weighted by Crippen LogP contribution is 2.42. The summed E-state index contributed by atoms with van der Waals surface area (Å²) in [5, 5.41) is 10.2. The molecule has 1 saturated carbocycles. The number of carbonyl (C=O) groups excluding carboxylic acids is 2. The van der Waals surface area contributed by atoms with E-state index in [-0.39, 0.29) is 11.9 Å². The zero-order chi connectivity index (χ0) is 17.3. The van der Waals surface area contributed by atoms with E-state index in [9.17, 15) is 14.0 Å². The number of thioether (sulfide) groups is 1. The van der Waals surface area contributed by atoms with Crippen LogP contribution in [0.5, 0.6) is 0 Å². The monoisotopic (exact) mass is 349 g/mol. The van der Waals surface area contributed by atoms with Gasteiger partial charge in [-0.1, -0.05) is 23.9 Å². The number of benzene rings is 1. The van der Waals surface area contributed by atoms with Crippen LogP contribution in [0, 0.1) is 5.82 Å². The molecule has 1 aliphatic rings. The summed E-state index contributed by atoms with van der Waals surface area (Å²) < 4.78 is 15.9. The van der Waals surface area contributed by atoms with Gasteiger partial charge in [-0.25, -0.2) is 9.18 Å². The second-order valence-electron chi connectivity index (χ2n) is 5.50. The van der Waals surface area contributed by atoms with E-state index in [1.54, 1.807) is 25.1 Å². The third-order valence-corrected chi connectivity index (χ3v) is 4.65. The number of amides is 3. The van der Waals surface area contributed by atoms with Crippen molar-refractivity contribution in [1.29, 1.82) is 0 Å². The van der Waals surface area contributed by atoms with E-state index < -0.39 is 17.2 Å². The van der Waals surface area contributed by atoms with Gasteiger partial charge in [0.2, 0.25) is 5.91 Å². The van der Waals surface area contributed by atoms with Crippen molar-refractivity contribution in [3.63, 3.8) is 0 Å². The predicted molar refractivity (Wildman–Crippen MR) is 86.7 cm³/mol. The average molecular weight is 349 g/mol. The minimum atomic E-state index is -0.900. The van der Waals surface area contributed by atoms with Gasteiger partial charge in [0.1, 0.15) is 5.82 Å². The Hall–Kier alpha value is -2.42. The Balaban J connectivity index is 1.89. The van der Waals surface area contributed by atoms with Gasteiger partial charge >= 0.3 is 6.03 Å². The van der Waals surface area contributed by atoms with Crippen molar-refractivity contribution in [2.45, 2.75) is 36.2 Å². The molecule has 0 bridgehead atoms. The Labute approximate surface area is 141 Å². The van der Waals surface area contributed by atoms with Crippen LogP contribution >= 0.6 is 11.8 Å². The Morgan fingerprint density at radius 3 is 2.71 bits per heavy atom. The molecule has 3 rings (SSSR count). The Morgan fingerprint density at radius 2 is 2.08 bits per heavy atom. The van der Waals surface area contributed by atoms with Crippen LogP contribution in [0.15, 0.2) is 29.4 Å². The van der Waals surface area contributed by atoms with Gasteiger partial charge in [0.05, 0.1) is 10.8 Å². The zero-order valence-corrected chi connectivity index (χ0v) is 13.7. The predicted octanol–water partition coefficient (Wildman–Crippen LogP) is 2.09. The number of nitrogens with zero attached hydrogens (tertiary/aromatic N) is 3. The van der Waals surface area contributed by atoms with Gasteiger partial charge in [-0.15, -0.1) is 10.2 Å². The van der Waals surface area contributed by atoms with E-state index >= 15 is 0 Å². The lowest BCUT2D eigenvalue weighted by molar-refractivity contribution is -0.119. The Bertz CT molecular complexity index is 790. The molecule has 1 atom stereocenters. The number of imide groups is 1. The second kappa shape index (κ2) is 6.60. The molecular weight excluding hydrogens is 333 g/mol. The number of rotatable bonds is 5. The summed E-state index contributed by atoms with van der Waals surface area (Å²) in [6.45, 7) is 1.64. The van der Waals surface area contributed by atoms with E-state index in [2.05, 4.69) is 10.2 Å². The summed E-state index contributed by atoms with van der Waals surface area (Å²) in [5.74, 6) is -0.436. The zero-order valence-electron chi connectivity index (χ0n) is 12.9. The molecule has 0 saturated heterocycles. The van der Waals surface area contributed by atoms with Gasteiger partial charge in [-0.3, -0.25) is 14.7 Å². The number of carbonyl (C=O) groups is 2. The van der Waals surface area contributed by atoms with Crippen LogP contribution in [-0.2, 0) is 4.79 Å². The number of hydrogen-bond donors (Lipinski definition) is 2. The average Bonchev–Trinajstić information content (AvgIpc) is 3.28. The van der Waals surface area contributed by atoms with Crippen molar-refractivity contribution in [3.8, 4) is 11.4 Å². The highest BCUT2D eigenvalue weighted by molar-refractivity contribution is 8.00. The van der Waals surface area contributed by atoms with Crippen LogP contribution in [-0.4, -0.2) is 32.0 Å². The molecule has 0 radical (unpaired) electrons. The van der Waals surface area contributed by atoms with Crippen molar-refractivity contribution in [3.05, 3.63) is 30.1 Å². The number of halogens is 1. The maximum absolute atomic E-state index is 14.1. The van der Waals surface area contributed by atoms with Crippen LogP contribution in [0.2, 0.25) is 0 Å². The van der Waals surface area contributed by atoms with Gasteiger partial charge in [0.25, 0.3) is 0 Å². The molecule has 3 N–H and O–H groups in total. The largest absolute Gasteiger partial charge is 0.351 e. The van der Waals surface area contributed by atoms with E-state index in [4.69, 9.17) is 5.73 Å². The lowest BCUT2D eigenvalue weighted by Crippen LogP contribution is -2.39. The summed E-state index contributed by atoms with van der Waals surface area (Å²) >= 11 is 1.16. The van der Waals surface area contributed by atoms with E-state index in [0.717, 1.165) is 24.6 Å². The third-order valence-electron chi connectivity index (χ3n) is 3.59. The van der Waals surface area contributed by atoms with Gasteiger partial charge in [0.15, 0.2) is 11.0 Å². The molecular formula is C15H16FN5O2S. The van der Waals surface area contributed by atoms with E-state index in [1.165, 1.54) is 6.07 Å². The molecule has 1 heterocycles. The van der Waals surface area contributed by atoms with Crippen molar-refractivity contribution in [2.24, 2.45) is 5.73 Å². The maximum Gasteiger partial charge on any atom is 0.318 e. The smallest absolute Gasteiger partial charge is 0.318 e. The van der Waals surface area contributed by atoms with Crippen molar-refractivity contribution in [2.75, 3.05) is 0 Å². The van der Waals surface area contributed by atoms with E-state index in [0.29, 0.717) is 16.5 Å². The van der Waals surface area contributed by atoms with E-state index in [1.807, 2.05) is 9.88 Å². The first-order chi connectivity index (χ1) is 11.5. The lowest BCUT2D eigenvalue weighted by atomic mass is 10.2. The molecule has 0 spiro atoms. The molecule has 9 heteroatoms. The van der Waals surface area contributed by atoms with Crippen molar-refractivity contribution in [1.82, 2.24) is 20.1 Å². The fourth-order valence-electron chi connectivity index (χ4n) is 2.28. The van der Waals surface area contributed by atoms with Crippen LogP contribution in [0.4, 0.5) is 9.18 Å². The Morgan fingerprint density at radius 1 is 1.38 bits per heavy atom. The molecule has 3 amide bonds. The molecule has 7 nitrogen and oxygen atoms in total. The molecule has 1 aromatic heterocycles. The number of nitrogens with one attached hydrogen (secondary N) is 1. The molecule has 126 valence electrons. The molecule has 0 unspecified atom stereocenters. The van der Waals surface area contributed by atoms with Crippen LogP contribution in [0.25, 0.3) is 11.4 Å². The van der Waals surface area contributed by atoms with Gasteiger partial charge in [-0.05, 0) is 31.9 Å². The summed E-state index contributed by atoms with van der Waals surface area (Å²) in [6.07, 6.45) is 1.91. The maximum atomic E-state index is 14.1. The summed E-state index contributed by atoms with van der Waals surface area (Å²) in [4.78, 5) is 22.6. The van der Waals surface area contributed by atoms with Crippen LogP contribution < -0.4 is 11.1 Å². The lowest BCUT2D eigenvalue weighted by Gasteiger charge is -2.12. The summed E-state index contributed by atoms with van der Waals surface area (Å²) in [5.41, 5.74) is 5.33. The first-order valence-corrected chi connectivity index (χ1v) is 8.32. The first-order valence-electron chi connectivity index (χ1n) is 7.44. The molecule has 1 aromatic carbocycles. The normalized spacial score (nSPS) is 15.1. The second-order valence-corrected chi connectivity index (χ2v) is 6.81. The molecule has 2 aromatic rings. The minimum absolute atomic E-state index is 0.198. The fourth-order valence-corrected chi connectivity index (χ4v) is 3.20. The number of aromatic nitrogens is 3. The van der Waals surface area contributed by atoms with Gasteiger partial charge < -0.3 is 5.73 Å². The van der Waals surface area contributed by atoms with Crippen LogP contribution in [0.3, 0.4) is 0 Å². The minimum Gasteiger partial charge on any atom is -0.351 e. The summed E-state index contributed by atoms with van der Waals surface area (Å²) in [7, 11) is 0. The number of urea groups is 1. The number of primary amides is 1. The number of hydrogen-bond acceptors (Lipinski definition) is 5. The topological polar surface area (TPSA) is 103 Å². The van der Waals surface area contributed by atoms with Gasteiger partial charge in [-0.2, -0.15) is 0 Å². The highest BCUT2D eigenvalue weighted by atomic mass is 32.2. The van der Waals surface area contributed by atoms with Crippen molar-refractivity contribution >= 4 is 23.7 Å². The third kappa shape index (κ3) is 3.40. The van der Waals surface area contributed by atoms with Crippen molar-refractivity contribution < 1.29 is 14.0 Å². The molecule has 1 aliphatic carbocycles. The quantitative estimate of drug-likeness (QED) is 0.805. The molecule has 1 fully saturated rings. The summed E-state index contributed by atoms with van der Waals surface area (Å²) in [6, 6.07) is 5.67. The standard InChI is InChI=1S/C15H16FN5O2S/c1-8(13(22)18-14(17)23)24-15-20-19-12(21(15)9-6-7-9)10-4-2-3-5-11(10)16/h2-5,8-9H,6-7H2,1H3,(H3,17,18,22,23)/t8-/m0/s1. The molecule has 0 aliphatic heterocycles. The molecule has 24 heavy (non-hydrogen) atoms. The first kappa shape index (κ1) is 16.4. The fraction of sp³-hybridized carbons (Fsp3) is 0.333. The number of nitrogens with two attached hydrogens (primary N) is 1.